The summed E-state index contributed by atoms with van der Waals surface area (Å²) < 4.78 is 15.3. The molecule has 39 heavy (non-hydrogen) atoms. The Morgan fingerprint density at radius 1 is 0.846 bits per heavy atom. The lowest BCUT2D eigenvalue weighted by Gasteiger charge is -2.12. The summed E-state index contributed by atoms with van der Waals surface area (Å²) >= 11 is 5.89. The smallest absolute Gasteiger partial charge is 0.338 e. The van der Waals surface area contributed by atoms with Crippen molar-refractivity contribution in [3.8, 4) is 5.75 Å². The molecule has 0 fully saturated rings. The first-order valence-electron chi connectivity index (χ1n) is 11.9. The molecule has 0 spiro atoms. The third-order valence-corrected chi connectivity index (χ3v) is 5.73. The number of nitrogens with one attached hydrogen (secondary N) is 1. The molecule has 3 aromatic rings. The van der Waals surface area contributed by atoms with Crippen LogP contribution in [0.2, 0.25) is 5.02 Å². The summed E-state index contributed by atoms with van der Waals surface area (Å²) in [6, 6.07) is 18.6. The zero-order valence-corrected chi connectivity index (χ0v) is 22.0. The standard InChI is InChI=1S/C29H26ClNO8/c1-18(28(35)21-4-3-5-22(30)16-21)39-27(34)15-14-26(33)31-23-10-6-20(7-11-23)29(36)38-17-25(32)19-8-12-24(37-2)13-9-19/h3-13,16,18H,14-15,17H2,1-2H3,(H,31,33)/t18-/m0/s1. The van der Waals surface area contributed by atoms with E-state index in [2.05, 4.69) is 5.32 Å². The highest BCUT2D eigenvalue weighted by molar-refractivity contribution is 6.31. The summed E-state index contributed by atoms with van der Waals surface area (Å²) in [7, 11) is 1.52. The van der Waals surface area contributed by atoms with Crippen LogP contribution in [0.1, 0.15) is 50.8 Å². The van der Waals surface area contributed by atoms with Crippen LogP contribution in [0.15, 0.2) is 72.8 Å². The van der Waals surface area contributed by atoms with Gasteiger partial charge in [0.25, 0.3) is 0 Å². The van der Waals surface area contributed by atoms with Crippen LogP contribution in [0.3, 0.4) is 0 Å². The van der Waals surface area contributed by atoms with Crippen LogP contribution in [0, 0.1) is 0 Å². The summed E-state index contributed by atoms with van der Waals surface area (Å²) in [4.78, 5) is 61.2. The SMILES string of the molecule is COc1ccc(C(=O)COC(=O)c2ccc(NC(=O)CCC(=O)O[C@@H](C)C(=O)c3cccc(Cl)c3)cc2)cc1. The summed E-state index contributed by atoms with van der Waals surface area (Å²) in [6.45, 7) is 1.02. The van der Waals surface area contributed by atoms with E-state index in [9.17, 15) is 24.0 Å². The molecule has 1 N–H and O–H groups in total. The van der Waals surface area contributed by atoms with Crippen LogP contribution < -0.4 is 10.1 Å². The summed E-state index contributed by atoms with van der Waals surface area (Å²) in [5.74, 6) is -2.02. The molecule has 1 atom stereocenters. The number of methoxy groups -OCH3 is 1. The Morgan fingerprint density at radius 3 is 2.15 bits per heavy atom. The van der Waals surface area contributed by atoms with E-state index in [4.69, 9.17) is 25.8 Å². The number of amides is 1. The Labute approximate surface area is 230 Å². The first-order valence-corrected chi connectivity index (χ1v) is 12.3. The number of halogens is 1. The number of carbonyl (C=O) groups is 5. The van der Waals surface area contributed by atoms with Crippen LogP contribution in [-0.2, 0) is 19.1 Å². The van der Waals surface area contributed by atoms with Crippen LogP contribution >= 0.6 is 11.6 Å². The lowest BCUT2D eigenvalue weighted by Crippen LogP contribution is -2.25. The van der Waals surface area contributed by atoms with Gasteiger partial charge in [-0.25, -0.2) is 4.79 Å². The van der Waals surface area contributed by atoms with E-state index in [0.29, 0.717) is 27.6 Å². The molecule has 0 saturated heterocycles. The third-order valence-electron chi connectivity index (χ3n) is 5.49. The van der Waals surface area contributed by atoms with Crippen LogP contribution in [0.25, 0.3) is 0 Å². The molecule has 0 aliphatic rings. The lowest BCUT2D eigenvalue weighted by molar-refractivity contribution is -0.147. The molecule has 1 amide bonds. The zero-order chi connectivity index (χ0) is 28.4. The van der Waals surface area contributed by atoms with Crippen molar-refractivity contribution >= 4 is 46.7 Å². The van der Waals surface area contributed by atoms with E-state index >= 15 is 0 Å². The molecule has 9 nitrogen and oxygen atoms in total. The molecule has 0 saturated carbocycles. The number of hydrogen-bond acceptors (Lipinski definition) is 8. The minimum atomic E-state index is -1.03. The molecular formula is C29H26ClNO8. The number of hydrogen-bond donors (Lipinski definition) is 1. The van der Waals surface area contributed by atoms with Gasteiger partial charge in [-0.2, -0.15) is 0 Å². The molecule has 0 unspecified atom stereocenters. The van der Waals surface area contributed by atoms with Crippen LogP contribution in [-0.4, -0.2) is 49.2 Å². The Bertz CT molecular complexity index is 1350. The van der Waals surface area contributed by atoms with Gasteiger partial charge < -0.3 is 19.5 Å². The first-order chi connectivity index (χ1) is 18.7. The maximum Gasteiger partial charge on any atom is 0.338 e. The van der Waals surface area contributed by atoms with E-state index in [-0.39, 0.29) is 24.2 Å². The third kappa shape index (κ3) is 8.79. The molecule has 202 valence electrons. The van der Waals surface area contributed by atoms with Gasteiger partial charge in [0.2, 0.25) is 11.7 Å². The molecule has 3 aromatic carbocycles. The highest BCUT2D eigenvalue weighted by atomic mass is 35.5. The Kier molecular flexibility index (Phi) is 10.3. The normalized spacial score (nSPS) is 11.2. The fourth-order valence-electron chi connectivity index (χ4n) is 3.39. The molecule has 0 heterocycles. The van der Waals surface area contributed by atoms with Gasteiger partial charge >= 0.3 is 11.9 Å². The van der Waals surface area contributed by atoms with Crippen molar-refractivity contribution in [1.82, 2.24) is 0 Å². The monoisotopic (exact) mass is 551 g/mol. The number of Topliss-reactive ketones (excluding diaryl/α,β-unsaturated/α-hetero) is 2. The Balaban J connectivity index is 1.41. The highest BCUT2D eigenvalue weighted by Crippen LogP contribution is 2.16. The predicted octanol–water partition coefficient (Wildman–Crippen LogP) is 4.92. The van der Waals surface area contributed by atoms with Crippen molar-refractivity contribution in [2.24, 2.45) is 0 Å². The van der Waals surface area contributed by atoms with E-state index in [0.717, 1.165) is 0 Å². The molecule has 0 bridgehead atoms. The van der Waals surface area contributed by atoms with Crippen molar-refractivity contribution < 1.29 is 38.2 Å². The van der Waals surface area contributed by atoms with Crippen molar-refractivity contribution in [3.05, 3.63) is 94.5 Å². The average Bonchev–Trinajstić information content (AvgIpc) is 2.94. The van der Waals surface area contributed by atoms with Crippen molar-refractivity contribution in [1.29, 1.82) is 0 Å². The molecule has 0 aliphatic heterocycles. The maximum absolute atomic E-state index is 12.4. The summed E-state index contributed by atoms with van der Waals surface area (Å²) in [6.07, 6.45) is -1.43. The van der Waals surface area contributed by atoms with Gasteiger partial charge in [0, 0.05) is 28.3 Å². The number of benzene rings is 3. The van der Waals surface area contributed by atoms with E-state index in [1.165, 1.54) is 44.4 Å². The molecule has 0 aliphatic carbocycles. The van der Waals surface area contributed by atoms with Crippen LogP contribution in [0.4, 0.5) is 5.69 Å². The van der Waals surface area contributed by atoms with Gasteiger partial charge in [0.1, 0.15) is 5.75 Å². The quantitative estimate of drug-likeness (QED) is 0.248. The molecule has 0 aromatic heterocycles. The van der Waals surface area contributed by atoms with Gasteiger partial charge in [-0.3, -0.25) is 19.2 Å². The first kappa shape index (κ1) is 29.1. The predicted molar refractivity (Wildman–Crippen MR) is 143 cm³/mol. The van der Waals surface area contributed by atoms with Crippen LogP contribution in [0.5, 0.6) is 5.75 Å². The van der Waals surface area contributed by atoms with Crippen molar-refractivity contribution in [3.63, 3.8) is 0 Å². The summed E-state index contributed by atoms with van der Waals surface area (Å²) in [5.41, 5.74) is 1.28. The second-order valence-corrected chi connectivity index (χ2v) is 8.80. The number of esters is 2. The fraction of sp³-hybridized carbons (Fsp3) is 0.207. The maximum atomic E-state index is 12.4. The minimum absolute atomic E-state index is 0.172. The molecule has 0 radical (unpaired) electrons. The molecule has 3 rings (SSSR count). The number of anilines is 1. The average molecular weight is 552 g/mol. The summed E-state index contributed by atoms with van der Waals surface area (Å²) in [5, 5.41) is 3.00. The topological polar surface area (TPSA) is 125 Å². The largest absolute Gasteiger partial charge is 0.497 e. The Hall–Kier alpha value is -4.50. The number of carbonyl (C=O) groups excluding carboxylic acids is 5. The minimum Gasteiger partial charge on any atom is -0.497 e. The number of rotatable bonds is 12. The van der Waals surface area contributed by atoms with Gasteiger partial charge in [-0.05, 0) is 67.6 Å². The number of ether oxygens (including phenoxy) is 3. The lowest BCUT2D eigenvalue weighted by atomic mass is 10.1. The number of ketones is 2. The van der Waals surface area contributed by atoms with Crippen molar-refractivity contribution in [2.45, 2.75) is 25.9 Å². The zero-order valence-electron chi connectivity index (χ0n) is 21.3. The second kappa shape index (κ2) is 13.9. The fourth-order valence-corrected chi connectivity index (χ4v) is 3.58. The molecular weight excluding hydrogens is 526 g/mol. The van der Waals surface area contributed by atoms with E-state index in [1.807, 2.05) is 0 Å². The Morgan fingerprint density at radius 2 is 1.51 bits per heavy atom. The van der Waals surface area contributed by atoms with Crippen molar-refractivity contribution in [2.75, 3.05) is 19.0 Å². The van der Waals surface area contributed by atoms with E-state index < -0.39 is 36.3 Å². The highest BCUT2D eigenvalue weighted by Gasteiger charge is 2.20. The van der Waals surface area contributed by atoms with Gasteiger partial charge in [-0.15, -0.1) is 0 Å². The van der Waals surface area contributed by atoms with Gasteiger partial charge in [0.05, 0.1) is 19.1 Å². The van der Waals surface area contributed by atoms with E-state index in [1.54, 1.807) is 42.5 Å². The van der Waals surface area contributed by atoms with Gasteiger partial charge in [-0.1, -0.05) is 23.7 Å². The second-order valence-electron chi connectivity index (χ2n) is 8.36. The molecule has 10 heteroatoms. The van der Waals surface area contributed by atoms with Gasteiger partial charge in [0.15, 0.2) is 18.5 Å².